The Kier molecular flexibility index (Phi) is 5.91. The first-order valence-corrected chi connectivity index (χ1v) is 14.6. The lowest BCUT2D eigenvalue weighted by atomic mass is 9.97. The molecule has 0 aliphatic carbocycles. The minimum Gasteiger partial charge on any atom is -0.307 e. The largest absolute Gasteiger partial charge is 0.307 e. The molecule has 0 saturated carbocycles. The van der Waals surface area contributed by atoms with E-state index >= 15 is 0 Å². The molecule has 2 aromatic heterocycles. The molecule has 0 aliphatic rings. The fourth-order valence-corrected chi connectivity index (χ4v) is 6.62. The van der Waals surface area contributed by atoms with Gasteiger partial charge in [0.1, 0.15) is 0 Å². The first-order valence-electron chi connectivity index (χ1n) is 14.6. The Bertz CT molecular complexity index is 2750. The van der Waals surface area contributed by atoms with Gasteiger partial charge < -0.3 is 9.13 Å². The van der Waals surface area contributed by atoms with Gasteiger partial charge in [0.05, 0.1) is 80.0 Å². The molecule has 0 amide bonds. The Morgan fingerprint density at radius 3 is 1.43 bits per heavy atom. The van der Waals surface area contributed by atoms with Crippen molar-refractivity contribution >= 4 is 43.6 Å². The number of nitrogens with zero attached hydrogens (tertiary/aromatic N) is 6. The van der Waals surface area contributed by atoms with Gasteiger partial charge in [-0.2, -0.15) is 21.0 Å². The van der Waals surface area contributed by atoms with Crippen LogP contribution in [0.25, 0.3) is 66.1 Å². The quantitative estimate of drug-likeness (QED) is 0.207. The van der Waals surface area contributed by atoms with Crippen LogP contribution in [0, 0.1) is 45.3 Å². The summed E-state index contributed by atoms with van der Waals surface area (Å²) in [5, 5.41) is 44.0. The summed E-state index contributed by atoms with van der Waals surface area (Å²) in [6, 6.07) is 47.9. The van der Waals surface area contributed by atoms with Crippen LogP contribution in [0.15, 0.2) is 121 Å². The van der Waals surface area contributed by atoms with Crippen LogP contribution in [-0.2, 0) is 0 Å². The zero-order valence-electron chi connectivity index (χ0n) is 24.2. The van der Waals surface area contributed by atoms with Crippen molar-refractivity contribution < 1.29 is 0 Å². The van der Waals surface area contributed by atoms with Crippen molar-refractivity contribution in [2.75, 3.05) is 0 Å². The van der Waals surface area contributed by atoms with Crippen molar-refractivity contribution in [3.8, 4) is 46.8 Å². The highest BCUT2D eigenvalue weighted by molar-refractivity contribution is 6.12. The summed E-state index contributed by atoms with van der Waals surface area (Å²) in [6.07, 6.45) is 0. The van der Waals surface area contributed by atoms with Crippen LogP contribution in [0.1, 0.15) is 22.3 Å². The lowest BCUT2D eigenvalue weighted by molar-refractivity contribution is 1.09. The van der Waals surface area contributed by atoms with Gasteiger partial charge in [-0.05, 0) is 66.2 Å². The number of hydrogen-bond acceptors (Lipinski definition) is 4. The lowest BCUT2D eigenvalue weighted by Crippen LogP contribution is -2.05. The van der Waals surface area contributed by atoms with Crippen molar-refractivity contribution in [1.82, 2.24) is 9.13 Å². The van der Waals surface area contributed by atoms with Gasteiger partial charge in [-0.15, -0.1) is 0 Å². The monoisotopic (exact) mass is 584 g/mol. The van der Waals surface area contributed by atoms with Crippen LogP contribution in [0.2, 0.25) is 0 Å². The Labute approximate surface area is 263 Å². The van der Waals surface area contributed by atoms with Crippen LogP contribution in [-0.4, -0.2) is 9.13 Å². The predicted octanol–water partition coefficient (Wildman–Crippen LogP) is 9.03. The molecule has 0 aliphatic heterocycles. The van der Waals surface area contributed by atoms with Crippen LogP contribution < -0.4 is 0 Å². The Balaban J connectivity index is 1.60. The molecule has 0 unspecified atom stereocenters. The van der Waals surface area contributed by atoms with E-state index < -0.39 is 0 Å². The summed E-state index contributed by atoms with van der Waals surface area (Å²) < 4.78 is 4.26. The normalized spacial score (nSPS) is 11.0. The van der Waals surface area contributed by atoms with E-state index in [1.165, 1.54) is 0 Å². The smallest absolute Gasteiger partial charge is 0.0998 e. The molecule has 0 bridgehead atoms. The minimum absolute atomic E-state index is 0.440. The van der Waals surface area contributed by atoms with Crippen LogP contribution in [0.5, 0.6) is 0 Å². The molecule has 6 heteroatoms. The standard InChI is InChI=1S/C40H20N6/c41-21-25-6-5-7-28(16-25)34-20-40(46-36-11-4-2-9-31(36)33-15-13-27(23-43)18-38(33)46)39(19-29(34)24-44)45-35-10-3-1-8-30(35)32-14-12-26(22-42)17-37(32)45/h1-20H. The summed E-state index contributed by atoms with van der Waals surface area (Å²) >= 11 is 0. The molecule has 0 N–H and O–H groups in total. The lowest BCUT2D eigenvalue weighted by Gasteiger charge is -2.19. The van der Waals surface area contributed by atoms with E-state index in [-0.39, 0.29) is 0 Å². The van der Waals surface area contributed by atoms with E-state index in [1.807, 2.05) is 91.0 Å². The van der Waals surface area contributed by atoms with E-state index in [2.05, 4.69) is 51.6 Å². The van der Waals surface area contributed by atoms with Crippen molar-refractivity contribution in [3.05, 3.63) is 144 Å². The SMILES string of the molecule is N#Cc1cccc(-c2cc(-n3c4ccccc4c4ccc(C#N)cc43)c(-n3c4ccccc4c4ccc(C#N)cc43)cc2C#N)c1. The van der Waals surface area contributed by atoms with Crippen LogP contribution in [0.3, 0.4) is 0 Å². The number of aromatic nitrogens is 2. The van der Waals surface area contributed by atoms with Gasteiger partial charge in [0, 0.05) is 27.1 Å². The van der Waals surface area contributed by atoms with E-state index in [0.717, 1.165) is 60.5 Å². The van der Waals surface area contributed by atoms with E-state index in [0.29, 0.717) is 27.8 Å². The predicted molar refractivity (Wildman–Crippen MR) is 179 cm³/mol. The second-order valence-electron chi connectivity index (χ2n) is 11.1. The maximum Gasteiger partial charge on any atom is 0.0998 e. The highest BCUT2D eigenvalue weighted by atomic mass is 15.1. The highest BCUT2D eigenvalue weighted by Gasteiger charge is 2.22. The van der Waals surface area contributed by atoms with Gasteiger partial charge in [0.25, 0.3) is 0 Å². The second-order valence-corrected chi connectivity index (χ2v) is 11.1. The topological polar surface area (TPSA) is 105 Å². The molecule has 8 aromatic rings. The van der Waals surface area contributed by atoms with Gasteiger partial charge >= 0.3 is 0 Å². The summed E-state index contributed by atoms with van der Waals surface area (Å²) in [7, 11) is 0. The minimum atomic E-state index is 0.440. The Morgan fingerprint density at radius 1 is 0.391 bits per heavy atom. The molecule has 0 saturated heterocycles. The fourth-order valence-electron chi connectivity index (χ4n) is 6.62. The number of nitriles is 4. The average molecular weight is 585 g/mol. The third kappa shape index (κ3) is 3.86. The maximum absolute atomic E-state index is 10.6. The maximum atomic E-state index is 10.6. The molecule has 0 atom stereocenters. The van der Waals surface area contributed by atoms with Crippen molar-refractivity contribution in [3.63, 3.8) is 0 Å². The fraction of sp³-hybridized carbons (Fsp3) is 0. The molecule has 46 heavy (non-hydrogen) atoms. The summed E-state index contributed by atoms with van der Waals surface area (Å²) in [4.78, 5) is 0. The van der Waals surface area contributed by atoms with Crippen LogP contribution >= 0.6 is 0 Å². The number of rotatable bonds is 3. The van der Waals surface area contributed by atoms with Gasteiger partial charge in [-0.3, -0.25) is 0 Å². The van der Waals surface area contributed by atoms with Crippen molar-refractivity contribution in [1.29, 1.82) is 21.0 Å². The highest BCUT2D eigenvalue weighted by Crippen LogP contribution is 2.41. The summed E-state index contributed by atoms with van der Waals surface area (Å²) in [6.45, 7) is 0. The van der Waals surface area contributed by atoms with Gasteiger partial charge in [-0.1, -0.05) is 60.7 Å². The summed E-state index contributed by atoms with van der Waals surface area (Å²) in [5.41, 5.74) is 8.49. The number of benzene rings is 6. The first kappa shape index (κ1) is 26.5. The van der Waals surface area contributed by atoms with E-state index in [1.54, 1.807) is 12.1 Å². The second kappa shape index (κ2) is 10.3. The number of hydrogen-bond donors (Lipinski definition) is 0. The molecule has 0 radical (unpaired) electrons. The van der Waals surface area contributed by atoms with Crippen molar-refractivity contribution in [2.24, 2.45) is 0 Å². The van der Waals surface area contributed by atoms with Gasteiger partial charge in [0.15, 0.2) is 0 Å². The Hall–Kier alpha value is -7.12. The van der Waals surface area contributed by atoms with E-state index in [9.17, 15) is 21.0 Å². The van der Waals surface area contributed by atoms with Gasteiger partial charge in [-0.25, -0.2) is 0 Å². The molecule has 6 aromatic carbocycles. The molecule has 6 nitrogen and oxygen atoms in total. The third-order valence-electron chi connectivity index (χ3n) is 8.63. The zero-order valence-corrected chi connectivity index (χ0v) is 24.2. The average Bonchev–Trinajstić information content (AvgIpc) is 3.62. The molecule has 0 fully saturated rings. The molecular weight excluding hydrogens is 564 g/mol. The zero-order chi connectivity index (χ0) is 31.4. The molecule has 210 valence electrons. The first-order chi connectivity index (χ1) is 22.6. The molecule has 2 heterocycles. The number of fused-ring (bicyclic) bond motifs is 6. The Morgan fingerprint density at radius 2 is 0.891 bits per heavy atom. The molecule has 0 spiro atoms. The molecular formula is C40H20N6. The van der Waals surface area contributed by atoms with Crippen LogP contribution in [0.4, 0.5) is 0 Å². The van der Waals surface area contributed by atoms with E-state index in [4.69, 9.17) is 0 Å². The summed E-state index contributed by atoms with van der Waals surface area (Å²) in [5.74, 6) is 0. The van der Waals surface area contributed by atoms with Crippen molar-refractivity contribution in [2.45, 2.75) is 0 Å². The third-order valence-corrected chi connectivity index (χ3v) is 8.63. The molecule has 8 rings (SSSR count). The van der Waals surface area contributed by atoms with Gasteiger partial charge in [0.2, 0.25) is 0 Å². The number of para-hydroxylation sites is 2.